The highest BCUT2D eigenvalue weighted by Gasteiger charge is 2.26. The maximum atomic E-state index is 13.9. The van der Waals surface area contributed by atoms with Crippen molar-refractivity contribution in [3.8, 4) is 0 Å². The second-order valence-corrected chi connectivity index (χ2v) is 7.95. The molecule has 1 nitrogen and oxygen atoms in total. The third kappa shape index (κ3) is 7.68. The molecule has 1 aliphatic carbocycles. The van der Waals surface area contributed by atoms with Crippen LogP contribution >= 0.6 is 0 Å². The van der Waals surface area contributed by atoms with Gasteiger partial charge in [0.15, 0.2) is 0 Å². The summed E-state index contributed by atoms with van der Waals surface area (Å²) in [4.78, 5) is 4.10. The topological polar surface area (TPSA) is 12.4 Å². The van der Waals surface area contributed by atoms with Gasteiger partial charge in [0.25, 0.3) is 0 Å². The van der Waals surface area contributed by atoms with Crippen LogP contribution in [0.1, 0.15) is 73.6 Å². The van der Waals surface area contributed by atoms with Crippen LogP contribution < -0.4 is 0 Å². The van der Waals surface area contributed by atoms with Crippen molar-refractivity contribution in [2.24, 2.45) is 10.4 Å². The van der Waals surface area contributed by atoms with Crippen LogP contribution in [0.3, 0.4) is 0 Å². The molecule has 0 heterocycles. The molecule has 0 fully saturated rings. The zero-order valence-electron chi connectivity index (χ0n) is 17.5. The van der Waals surface area contributed by atoms with Crippen LogP contribution in [0.4, 0.5) is 4.39 Å². The summed E-state index contributed by atoms with van der Waals surface area (Å²) in [5.41, 5.74) is 4.99. The first-order valence-corrected chi connectivity index (χ1v) is 9.87. The fourth-order valence-corrected chi connectivity index (χ4v) is 3.20. The Hall–Kier alpha value is -1.70. The molecule has 144 valence electrons. The number of hydrogen-bond acceptors (Lipinski definition) is 1. The van der Waals surface area contributed by atoms with Gasteiger partial charge in [0.1, 0.15) is 5.83 Å². The third-order valence-corrected chi connectivity index (χ3v) is 4.98. The fourth-order valence-electron chi connectivity index (χ4n) is 3.20. The molecule has 26 heavy (non-hydrogen) atoms. The number of allylic oxidation sites excluding steroid dienone is 10. The first kappa shape index (κ1) is 22.3. The molecular weight excluding hydrogens is 321 g/mol. The van der Waals surface area contributed by atoms with E-state index in [1.165, 1.54) is 36.6 Å². The molecule has 0 aromatic carbocycles. The zero-order chi connectivity index (χ0) is 19.6. The van der Waals surface area contributed by atoms with E-state index in [1.807, 2.05) is 12.2 Å². The van der Waals surface area contributed by atoms with Crippen LogP contribution in [0, 0.1) is 5.41 Å². The van der Waals surface area contributed by atoms with Crippen molar-refractivity contribution in [3.63, 3.8) is 0 Å². The molecule has 2 heteroatoms. The maximum absolute atomic E-state index is 13.9. The summed E-state index contributed by atoms with van der Waals surface area (Å²) in [5.74, 6) is -0.260. The summed E-state index contributed by atoms with van der Waals surface area (Å²) >= 11 is 0. The fraction of sp³-hybridized carbons (Fsp3) is 0.542. The highest BCUT2D eigenvalue weighted by molar-refractivity contribution is 5.77. The molecule has 0 radical (unpaired) electrons. The maximum Gasteiger partial charge on any atom is 0.143 e. The van der Waals surface area contributed by atoms with Crippen LogP contribution in [-0.2, 0) is 0 Å². The lowest BCUT2D eigenvalue weighted by molar-refractivity contribution is 0.377. The van der Waals surface area contributed by atoms with Crippen LogP contribution in [0.5, 0.6) is 0 Å². The van der Waals surface area contributed by atoms with Crippen molar-refractivity contribution in [2.45, 2.75) is 73.6 Å². The summed E-state index contributed by atoms with van der Waals surface area (Å²) in [6.45, 7) is 13.5. The smallest absolute Gasteiger partial charge is 0.143 e. The molecule has 1 aliphatic rings. The van der Waals surface area contributed by atoms with Crippen LogP contribution in [0.2, 0.25) is 0 Å². The zero-order valence-corrected chi connectivity index (χ0v) is 17.5. The van der Waals surface area contributed by atoms with E-state index in [1.54, 1.807) is 13.0 Å². The monoisotopic (exact) mass is 357 g/mol. The van der Waals surface area contributed by atoms with Gasteiger partial charge in [0, 0.05) is 6.54 Å². The number of nitrogens with zero attached hydrogens (tertiary/aromatic N) is 1. The van der Waals surface area contributed by atoms with E-state index < -0.39 is 0 Å². The van der Waals surface area contributed by atoms with Crippen molar-refractivity contribution in [1.82, 2.24) is 0 Å². The first-order valence-electron chi connectivity index (χ1n) is 9.87. The molecule has 0 aromatic heterocycles. The van der Waals surface area contributed by atoms with E-state index in [4.69, 9.17) is 0 Å². The Morgan fingerprint density at radius 3 is 2.62 bits per heavy atom. The molecule has 1 rings (SSSR count). The number of halogens is 1. The highest BCUT2D eigenvalue weighted by atomic mass is 19.1. The third-order valence-electron chi connectivity index (χ3n) is 4.98. The lowest BCUT2D eigenvalue weighted by atomic mass is 9.72. The molecule has 0 bridgehead atoms. The van der Waals surface area contributed by atoms with E-state index in [0.717, 1.165) is 18.4 Å². The van der Waals surface area contributed by atoms with Crippen molar-refractivity contribution >= 4 is 6.21 Å². The molecule has 0 unspecified atom stereocenters. The Labute approximate surface area is 160 Å². The molecule has 0 saturated heterocycles. The second kappa shape index (κ2) is 11.1. The van der Waals surface area contributed by atoms with Crippen molar-refractivity contribution in [1.29, 1.82) is 0 Å². The largest absolute Gasteiger partial charge is 0.290 e. The summed E-state index contributed by atoms with van der Waals surface area (Å²) in [7, 11) is 0. The van der Waals surface area contributed by atoms with E-state index in [-0.39, 0.29) is 11.2 Å². The molecule has 0 spiro atoms. The van der Waals surface area contributed by atoms with Gasteiger partial charge in [-0.15, -0.1) is 0 Å². The average molecular weight is 358 g/mol. The molecule has 0 saturated carbocycles. The summed E-state index contributed by atoms with van der Waals surface area (Å²) in [6.07, 6.45) is 17.3. The molecule has 0 atom stereocenters. The van der Waals surface area contributed by atoms with Gasteiger partial charge < -0.3 is 0 Å². The number of aliphatic imine (C=N–C) groups is 1. The summed E-state index contributed by atoms with van der Waals surface area (Å²) < 4.78 is 13.9. The molecule has 0 N–H and O–H groups in total. The first-order chi connectivity index (χ1) is 12.3. The van der Waals surface area contributed by atoms with Gasteiger partial charge in [0.05, 0.1) is 6.21 Å². The molecular formula is C24H36FN. The second-order valence-electron chi connectivity index (χ2n) is 7.95. The van der Waals surface area contributed by atoms with Gasteiger partial charge in [0.2, 0.25) is 0 Å². The highest BCUT2D eigenvalue weighted by Crippen LogP contribution is 2.40. The lowest BCUT2D eigenvalue weighted by Crippen LogP contribution is -2.19. The minimum absolute atomic E-state index is 0.258. The molecule has 0 amide bonds. The van der Waals surface area contributed by atoms with Gasteiger partial charge in [-0.3, -0.25) is 4.99 Å². The van der Waals surface area contributed by atoms with Gasteiger partial charge in [-0.25, -0.2) is 4.39 Å². The predicted molar refractivity (Wildman–Crippen MR) is 114 cm³/mol. The summed E-state index contributed by atoms with van der Waals surface area (Å²) in [6, 6.07) is 0. The Morgan fingerprint density at radius 2 is 1.96 bits per heavy atom. The van der Waals surface area contributed by atoms with Crippen molar-refractivity contribution in [3.05, 3.63) is 58.5 Å². The average Bonchev–Trinajstić information content (AvgIpc) is 2.57. The Morgan fingerprint density at radius 1 is 1.23 bits per heavy atom. The lowest BCUT2D eigenvalue weighted by Gasteiger charge is -2.32. The SMILES string of the molecule is CCCCN=C\C(F)=C(C)/C=C/C=C(C)/C=C/C1=C(C)CCCC1(C)C. The van der Waals surface area contributed by atoms with Gasteiger partial charge in [-0.05, 0) is 63.0 Å². The predicted octanol–water partition coefficient (Wildman–Crippen LogP) is 7.69. The van der Waals surface area contributed by atoms with E-state index >= 15 is 0 Å². The summed E-state index contributed by atoms with van der Waals surface area (Å²) in [5, 5.41) is 0. The number of rotatable bonds is 8. The van der Waals surface area contributed by atoms with Gasteiger partial charge in [-0.1, -0.05) is 68.7 Å². The molecule has 0 aliphatic heterocycles. The van der Waals surface area contributed by atoms with E-state index in [2.05, 4.69) is 51.8 Å². The van der Waals surface area contributed by atoms with E-state index in [9.17, 15) is 4.39 Å². The van der Waals surface area contributed by atoms with E-state index in [0.29, 0.717) is 12.1 Å². The molecule has 0 aromatic rings. The normalized spacial score (nSPS) is 19.9. The number of unbranched alkanes of at least 4 members (excludes halogenated alkanes) is 1. The van der Waals surface area contributed by atoms with Crippen LogP contribution in [0.15, 0.2) is 63.5 Å². The van der Waals surface area contributed by atoms with Gasteiger partial charge in [-0.2, -0.15) is 0 Å². The minimum Gasteiger partial charge on any atom is -0.290 e. The quantitative estimate of drug-likeness (QED) is 0.240. The Bertz CT molecular complexity index is 639. The standard InChI is InChI=1S/C24H36FN/c1-7-8-17-26-18-23(25)21(4)12-9-11-19(2)14-15-22-20(3)13-10-16-24(22,5)6/h9,11-12,14-15,18H,7-8,10,13,16-17H2,1-6H3/b12-9+,15-14+,19-11+,23-21+,26-18?. The number of hydrogen-bond donors (Lipinski definition) is 0. The van der Waals surface area contributed by atoms with Gasteiger partial charge >= 0.3 is 0 Å². The minimum atomic E-state index is -0.260. The van der Waals surface area contributed by atoms with Crippen molar-refractivity contribution < 1.29 is 4.39 Å². The van der Waals surface area contributed by atoms with Crippen LogP contribution in [0.25, 0.3) is 0 Å². The van der Waals surface area contributed by atoms with Crippen molar-refractivity contribution in [2.75, 3.05) is 6.54 Å². The Kier molecular flexibility index (Phi) is 9.54. The van der Waals surface area contributed by atoms with Crippen LogP contribution in [-0.4, -0.2) is 12.8 Å². The Balaban J connectivity index is 2.73.